The van der Waals surface area contributed by atoms with E-state index >= 15 is 0 Å². The highest BCUT2D eigenvalue weighted by Gasteiger charge is 2.59. The first-order valence-electron chi connectivity index (χ1n) is 11.6. The van der Waals surface area contributed by atoms with Crippen LogP contribution in [0.3, 0.4) is 0 Å². The van der Waals surface area contributed by atoms with Crippen molar-refractivity contribution in [3.05, 3.63) is 95.1 Å². The zero-order valence-electron chi connectivity index (χ0n) is 20.1. The minimum absolute atomic E-state index is 0.0335. The highest BCUT2D eigenvalue weighted by atomic mass is 16.5. The third-order valence-electron chi connectivity index (χ3n) is 7.07. The van der Waals surface area contributed by atoms with Crippen LogP contribution in [0.25, 0.3) is 6.08 Å². The molecule has 1 atom stereocenters. The van der Waals surface area contributed by atoms with Gasteiger partial charge < -0.3 is 19.7 Å². The van der Waals surface area contributed by atoms with E-state index in [1.807, 2.05) is 48.5 Å². The van der Waals surface area contributed by atoms with Crippen LogP contribution in [-0.2, 0) is 16.8 Å². The summed E-state index contributed by atoms with van der Waals surface area (Å²) in [7, 11) is 1.65. The highest BCUT2D eigenvalue weighted by Crippen LogP contribution is 2.53. The average Bonchev–Trinajstić information content (AvgIpc) is 3.26. The Morgan fingerprint density at radius 3 is 2.59 bits per heavy atom. The fourth-order valence-corrected chi connectivity index (χ4v) is 5.15. The van der Waals surface area contributed by atoms with Gasteiger partial charge in [-0.05, 0) is 47.9 Å². The number of aryl methyl sites for hydroxylation is 1. The minimum Gasteiger partial charge on any atom is -0.493 e. The molecule has 1 N–H and O–H groups in total. The Balaban J connectivity index is 1.44. The van der Waals surface area contributed by atoms with E-state index in [9.17, 15) is 4.79 Å². The fraction of sp³-hybridized carbons (Fsp3) is 0.276. The molecule has 5 nitrogen and oxygen atoms in total. The van der Waals surface area contributed by atoms with E-state index in [1.165, 1.54) is 11.1 Å². The van der Waals surface area contributed by atoms with Gasteiger partial charge in [-0.3, -0.25) is 4.79 Å². The number of ether oxygens (including phenoxy) is 2. The molecule has 0 aromatic heterocycles. The van der Waals surface area contributed by atoms with E-state index in [-0.39, 0.29) is 11.3 Å². The van der Waals surface area contributed by atoms with Gasteiger partial charge in [-0.25, -0.2) is 0 Å². The second kappa shape index (κ2) is 8.24. The normalized spacial score (nSPS) is 20.2. The monoisotopic (exact) mass is 454 g/mol. The summed E-state index contributed by atoms with van der Waals surface area (Å²) < 4.78 is 11.6. The van der Waals surface area contributed by atoms with Gasteiger partial charge in [-0.1, -0.05) is 74.0 Å². The van der Waals surface area contributed by atoms with Crippen molar-refractivity contribution in [2.45, 2.75) is 38.5 Å². The maximum atomic E-state index is 12.5. The van der Waals surface area contributed by atoms with Crippen molar-refractivity contribution in [1.29, 1.82) is 0 Å². The number of carbonyl (C=O) groups excluding carboxylic acids is 1. The van der Waals surface area contributed by atoms with E-state index in [2.05, 4.69) is 61.3 Å². The minimum atomic E-state index is -0.629. The SMILES string of the molecule is COc1cc(/C=C/C23NC(=O)CN2c2ccc(C)cc2C3(C)C)ccc1OCc1ccccc1. The molecule has 5 rings (SSSR count). The molecule has 0 aliphatic carbocycles. The Kier molecular flexibility index (Phi) is 5.35. The summed E-state index contributed by atoms with van der Waals surface area (Å²) in [5, 5.41) is 3.28. The largest absolute Gasteiger partial charge is 0.493 e. The van der Waals surface area contributed by atoms with Gasteiger partial charge in [-0.15, -0.1) is 0 Å². The van der Waals surface area contributed by atoms with Crippen LogP contribution in [0.5, 0.6) is 11.5 Å². The molecule has 2 aliphatic heterocycles. The molecule has 2 heterocycles. The lowest BCUT2D eigenvalue weighted by Crippen LogP contribution is -2.58. The molecule has 1 unspecified atom stereocenters. The Bertz CT molecular complexity index is 1270. The van der Waals surface area contributed by atoms with Gasteiger partial charge in [0, 0.05) is 11.1 Å². The highest BCUT2D eigenvalue weighted by molar-refractivity contribution is 5.91. The van der Waals surface area contributed by atoms with Gasteiger partial charge in [0.1, 0.15) is 12.3 Å². The van der Waals surface area contributed by atoms with E-state index < -0.39 is 5.66 Å². The zero-order chi connectivity index (χ0) is 23.9. The molecule has 34 heavy (non-hydrogen) atoms. The maximum Gasteiger partial charge on any atom is 0.241 e. The van der Waals surface area contributed by atoms with E-state index in [0.29, 0.717) is 24.7 Å². The van der Waals surface area contributed by atoms with Crippen molar-refractivity contribution in [2.75, 3.05) is 18.6 Å². The summed E-state index contributed by atoms with van der Waals surface area (Å²) in [6.07, 6.45) is 4.18. The molecule has 0 spiro atoms. The van der Waals surface area contributed by atoms with Crippen LogP contribution in [0.2, 0.25) is 0 Å². The average molecular weight is 455 g/mol. The molecular weight excluding hydrogens is 424 g/mol. The second-order valence-electron chi connectivity index (χ2n) is 9.56. The van der Waals surface area contributed by atoms with Gasteiger partial charge >= 0.3 is 0 Å². The van der Waals surface area contributed by atoms with Gasteiger partial charge in [0.2, 0.25) is 5.91 Å². The van der Waals surface area contributed by atoms with Crippen molar-refractivity contribution >= 4 is 17.7 Å². The third-order valence-corrected chi connectivity index (χ3v) is 7.07. The topological polar surface area (TPSA) is 50.8 Å². The Morgan fingerprint density at radius 1 is 1.03 bits per heavy atom. The Hall–Kier alpha value is -3.73. The van der Waals surface area contributed by atoms with Gasteiger partial charge in [-0.2, -0.15) is 0 Å². The lowest BCUT2D eigenvalue weighted by atomic mass is 9.75. The number of amides is 1. The number of anilines is 1. The number of fused-ring (bicyclic) bond motifs is 3. The number of nitrogens with zero attached hydrogens (tertiary/aromatic N) is 1. The molecule has 174 valence electrons. The number of hydrogen-bond donors (Lipinski definition) is 1. The van der Waals surface area contributed by atoms with Crippen LogP contribution in [0.15, 0.2) is 72.8 Å². The van der Waals surface area contributed by atoms with E-state index in [4.69, 9.17) is 9.47 Å². The second-order valence-corrected chi connectivity index (χ2v) is 9.56. The van der Waals surface area contributed by atoms with E-state index in [0.717, 1.165) is 16.8 Å². The third kappa shape index (κ3) is 3.52. The molecular formula is C29H30N2O3. The van der Waals surface area contributed by atoms with Gasteiger partial charge in [0.15, 0.2) is 11.5 Å². The first-order valence-corrected chi connectivity index (χ1v) is 11.6. The summed E-state index contributed by atoms with van der Waals surface area (Å²) in [6.45, 7) is 7.32. The molecule has 0 saturated carbocycles. The van der Waals surface area contributed by atoms with Crippen LogP contribution in [0.4, 0.5) is 5.69 Å². The fourth-order valence-electron chi connectivity index (χ4n) is 5.15. The van der Waals surface area contributed by atoms with Crippen molar-refractivity contribution < 1.29 is 14.3 Å². The van der Waals surface area contributed by atoms with Crippen molar-refractivity contribution in [3.8, 4) is 11.5 Å². The van der Waals surface area contributed by atoms with Crippen molar-refractivity contribution in [2.24, 2.45) is 0 Å². The number of hydrogen-bond acceptors (Lipinski definition) is 4. The summed E-state index contributed by atoms with van der Waals surface area (Å²) in [5.41, 5.74) is 4.72. The molecule has 3 aromatic rings. The summed E-state index contributed by atoms with van der Waals surface area (Å²) in [4.78, 5) is 14.7. The standard InChI is InChI=1S/C29H30N2O3/c1-20-10-12-24-23(16-20)28(2,3)29(30-27(32)18-31(24)29)15-14-21-11-13-25(26(17-21)33-4)34-19-22-8-6-5-7-9-22/h5-17H,18-19H2,1-4H3,(H,30,32)/b15-14+. The number of methoxy groups -OCH3 is 1. The lowest BCUT2D eigenvalue weighted by Gasteiger charge is -2.40. The molecule has 0 radical (unpaired) electrons. The van der Waals surface area contributed by atoms with Crippen molar-refractivity contribution in [1.82, 2.24) is 5.32 Å². The Morgan fingerprint density at radius 2 is 1.82 bits per heavy atom. The zero-order valence-corrected chi connectivity index (χ0v) is 20.1. The number of nitrogens with one attached hydrogen (secondary N) is 1. The quantitative estimate of drug-likeness (QED) is 0.555. The molecule has 1 saturated heterocycles. The summed E-state index contributed by atoms with van der Waals surface area (Å²) >= 11 is 0. The lowest BCUT2D eigenvalue weighted by molar-refractivity contribution is -0.118. The van der Waals surface area contributed by atoms with Crippen molar-refractivity contribution in [3.63, 3.8) is 0 Å². The smallest absolute Gasteiger partial charge is 0.241 e. The summed E-state index contributed by atoms with van der Waals surface area (Å²) in [6, 6.07) is 22.4. The van der Waals surface area contributed by atoms with E-state index in [1.54, 1.807) is 7.11 Å². The maximum absolute atomic E-state index is 12.5. The molecule has 1 fully saturated rings. The number of benzene rings is 3. The predicted octanol–water partition coefficient (Wildman–Crippen LogP) is 5.22. The molecule has 3 aromatic carbocycles. The number of rotatable bonds is 6. The molecule has 0 bridgehead atoms. The molecule has 2 aliphatic rings. The first kappa shape index (κ1) is 22.1. The van der Waals surface area contributed by atoms with Crippen LogP contribution < -0.4 is 19.7 Å². The molecule has 1 amide bonds. The van der Waals surface area contributed by atoms with Crippen LogP contribution in [-0.4, -0.2) is 25.2 Å². The van der Waals surface area contributed by atoms with Crippen LogP contribution in [0, 0.1) is 6.92 Å². The first-order chi connectivity index (χ1) is 16.3. The molecule has 5 heteroatoms. The van der Waals surface area contributed by atoms with Crippen LogP contribution >= 0.6 is 0 Å². The predicted molar refractivity (Wildman–Crippen MR) is 135 cm³/mol. The van der Waals surface area contributed by atoms with Gasteiger partial charge in [0.05, 0.1) is 13.7 Å². The summed E-state index contributed by atoms with van der Waals surface area (Å²) in [5.74, 6) is 1.40. The Labute approximate surface area is 201 Å². The van der Waals surface area contributed by atoms with Crippen LogP contribution in [0.1, 0.15) is 36.1 Å². The number of carbonyl (C=O) groups is 1. The van der Waals surface area contributed by atoms with Gasteiger partial charge in [0.25, 0.3) is 0 Å².